The zero-order valence-electron chi connectivity index (χ0n) is 52.5. The van der Waals surface area contributed by atoms with Crippen LogP contribution in [0.3, 0.4) is 0 Å². The largest absolute Gasteiger partial charge is 0.462 e. The fourth-order valence-corrected chi connectivity index (χ4v) is 12.3. The Labute approximate surface area is 483 Å². The van der Waals surface area contributed by atoms with Crippen LogP contribution in [-0.4, -0.2) is 51.8 Å². The first-order valence-corrected chi connectivity index (χ1v) is 31.8. The molecule has 444 valence electrons. The van der Waals surface area contributed by atoms with Gasteiger partial charge in [0.1, 0.15) is 17.8 Å². The van der Waals surface area contributed by atoms with Crippen molar-refractivity contribution in [2.45, 2.75) is 311 Å². The first kappa shape index (κ1) is 69.2. The van der Waals surface area contributed by atoms with Gasteiger partial charge < -0.3 is 19.3 Å². The molecule has 0 amide bonds. The van der Waals surface area contributed by atoms with Gasteiger partial charge in [-0.05, 0) is 116 Å². The molecule has 1 aliphatic heterocycles. The number of hydrogen-bond acceptors (Lipinski definition) is 7. The van der Waals surface area contributed by atoms with Crippen molar-refractivity contribution in [1.82, 2.24) is 0 Å². The highest BCUT2D eigenvalue weighted by atomic mass is 16.6. The lowest BCUT2D eigenvalue weighted by Gasteiger charge is -2.44. The lowest BCUT2D eigenvalue weighted by atomic mass is 9.61. The molecule has 7 nitrogen and oxygen atoms in total. The number of carbonyl (C=O) groups is 3. The molecule has 1 heterocycles. The molecule has 5 atom stereocenters. The van der Waals surface area contributed by atoms with Crippen LogP contribution in [0.25, 0.3) is 0 Å². The Balaban J connectivity index is 1.37. The second-order valence-corrected chi connectivity index (χ2v) is 25.8. The van der Waals surface area contributed by atoms with Gasteiger partial charge in [0.15, 0.2) is 5.78 Å². The molecule has 0 aromatic rings. The first-order valence-electron chi connectivity index (χ1n) is 31.8. The van der Waals surface area contributed by atoms with Crippen molar-refractivity contribution in [3.05, 3.63) is 113 Å². The topological polar surface area (TPSA) is 102 Å². The molecule has 0 radical (unpaired) electrons. The first-order chi connectivity index (χ1) is 37.6. The Morgan fingerprint density at radius 2 is 0.975 bits per heavy atom. The van der Waals surface area contributed by atoms with Crippen molar-refractivity contribution < 1.29 is 33.7 Å². The van der Waals surface area contributed by atoms with Crippen LogP contribution in [0.15, 0.2) is 113 Å². The van der Waals surface area contributed by atoms with Gasteiger partial charge in [0, 0.05) is 43.1 Å². The Morgan fingerprint density at radius 3 is 1.46 bits per heavy atom. The molecule has 0 aromatic carbocycles. The van der Waals surface area contributed by atoms with Crippen LogP contribution >= 0.6 is 0 Å². The predicted octanol–water partition coefficient (Wildman–Crippen LogP) is 20.0. The van der Waals surface area contributed by atoms with Gasteiger partial charge in [-0.15, -0.1) is 5.73 Å². The van der Waals surface area contributed by atoms with Crippen LogP contribution in [0.2, 0.25) is 0 Å². The molecule has 7 heteroatoms. The highest BCUT2D eigenvalue weighted by molar-refractivity contribution is 5.96. The Morgan fingerprint density at radius 1 is 0.544 bits per heavy atom. The molecule has 79 heavy (non-hydrogen) atoms. The lowest BCUT2D eigenvalue weighted by Crippen LogP contribution is -2.49. The molecule has 2 aliphatic carbocycles. The maximum atomic E-state index is 13.6. The number of epoxide rings is 1. The summed E-state index contributed by atoms with van der Waals surface area (Å²) in [6.45, 7) is 24.9. The second kappa shape index (κ2) is 36.4. The van der Waals surface area contributed by atoms with Gasteiger partial charge in [-0.3, -0.25) is 14.4 Å². The van der Waals surface area contributed by atoms with Crippen molar-refractivity contribution in [2.75, 3.05) is 0 Å². The van der Waals surface area contributed by atoms with Gasteiger partial charge in [0.2, 0.25) is 0 Å². The fraction of sp³-hybridized carbons (Fsp3) is 0.694. The molecule has 0 bridgehead atoms. The van der Waals surface area contributed by atoms with Gasteiger partial charge >= 0.3 is 11.9 Å². The number of allylic oxidation sites excluding steroid dienone is 16. The third-order valence-electron chi connectivity index (χ3n) is 17.0. The van der Waals surface area contributed by atoms with E-state index in [4.69, 9.17) is 14.2 Å². The summed E-state index contributed by atoms with van der Waals surface area (Å²) < 4.78 is 18.5. The maximum absolute atomic E-state index is 13.6. The minimum absolute atomic E-state index is 0.0776. The van der Waals surface area contributed by atoms with Crippen LogP contribution in [0.5, 0.6) is 0 Å². The third-order valence-corrected chi connectivity index (χ3v) is 17.0. The Hall–Kier alpha value is -4.03. The molecular formula is C72H114O7. The number of hydrogen-bond donors (Lipinski definition) is 1. The van der Waals surface area contributed by atoms with E-state index in [0.29, 0.717) is 50.5 Å². The average Bonchev–Trinajstić information content (AvgIpc) is 4.03. The Kier molecular flexibility index (Phi) is 31.9. The highest BCUT2D eigenvalue weighted by Crippen LogP contribution is 2.67. The fourth-order valence-electron chi connectivity index (χ4n) is 12.3. The van der Waals surface area contributed by atoms with E-state index in [9.17, 15) is 19.5 Å². The number of unbranched alkanes of at least 4 members (excludes halogenated alkanes) is 21. The van der Waals surface area contributed by atoms with E-state index in [0.717, 1.165) is 60.8 Å². The number of carbonyl (C=O) groups excluding carboxylic acids is 3. The van der Waals surface area contributed by atoms with E-state index in [2.05, 4.69) is 85.4 Å². The molecular weight excluding hydrogens is 977 g/mol. The second-order valence-electron chi connectivity index (χ2n) is 25.8. The van der Waals surface area contributed by atoms with Crippen LogP contribution in [0.1, 0.15) is 282 Å². The summed E-state index contributed by atoms with van der Waals surface area (Å²) in [5.41, 5.74) is 5.24. The van der Waals surface area contributed by atoms with Crippen molar-refractivity contribution in [3.8, 4) is 0 Å². The number of rotatable bonds is 39. The standard InChI is InChI=1S/C72H114O7/c1-13-15-17-19-21-23-25-27-29-31-33-35-37-49-66(74)77-62-53-68(7,8)65(70(11,76)55-62)52-51-60(5)46-41-45-58(3)43-39-40-44-59(4)47-42-48-61(6)64(73)57-72-69(9,10)54-63(56-71(72,12)79-72)78-67(75)50-38-36-34-32-30-28-26-24-22-20-18-16-14-2/h24,26,39-48,51,62-63,76H,13-23,25,27-38,49-50,53-57H2,1-12H3/b26-24-,40-39+,45-41+,47-42+,58-43+,59-44+,60-46+,61-48+/t52?,62-,63-,70+,71+,72-/m0/s1. The van der Waals surface area contributed by atoms with Crippen molar-refractivity contribution in [3.63, 3.8) is 0 Å². The smallest absolute Gasteiger partial charge is 0.306 e. The van der Waals surface area contributed by atoms with E-state index < -0.39 is 16.8 Å². The minimum Gasteiger partial charge on any atom is -0.462 e. The highest BCUT2D eigenvalue weighted by Gasteiger charge is 2.76. The number of Topliss-reactive ketones (excluding diaryl/α,β-unsaturated/α-hetero) is 1. The summed E-state index contributed by atoms with van der Waals surface area (Å²) in [6, 6.07) is 0. The average molecular weight is 1090 g/mol. The summed E-state index contributed by atoms with van der Waals surface area (Å²) in [7, 11) is 0. The van der Waals surface area contributed by atoms with E-state index in [-0.39, 0.29) is 40.8 Å². The number of ketones is 1. The van der Waals surface area contributed by atoms with E-state index >= 15 is 0 Å². The normalized spacial score (nSPS) is 24.4. The van der Waals surface area contributed by atoms with E-state index in [1.807, 2.05) is 82.4 Å². The van der Waals surface area contributed by atoms with Crippen LogP contribution in [0, 0.1) is 10.8 Å². The molecule has 3 fully saturated rings. The van der Waals surface area contributed by atoms with Gasteiger partial charge in [0.05, 0.1) is 11.2 Å². The predicted molar refractivity (Wildman–Crippen MR) is 333 cm³/mol. The van der Waals surface area contributed by atoms with Gasteiger partial charge in [0.25, 0.3) is 0 Å². The zero-order valence-corrected chi connectivity index (χ0v) is 52.5. The maximum Gasteiger partial charge on any atom is 0.306 e. The summed E-state index contributed by atoms with van der Waals surface area (Å²) >= 11 is 0. The van der Waals surface area contributed by atoms with E-state index in [1.165, 1.54) is 116 Å². The lowest BCUT2D eigenvalue weighted by molar-refractivity contribution is -0.156. The summed E-state index contributed by atoms with van der Waals surface area (Å²) in [4.78, 5) is 39.3. The van der Waals surface area contributed by atoms with Gasteiger partial charge in [-0.25, -0.2) is 0 Å². The SMILES string of the molecule is CCCCCC/C=C\CCCCCCCC(=O)O[C@H]1CC(C)(C)[C@]2(CC(=O)/C(C)=C/C=C/C(C)=C/C=C/C=C(C)/C=C/C=C(\C)C=C=C3C(C)(C)C[C@H](OC(=O)CCCCCCCCCCCCCCC)C[C@@]3(C)O)O[C@]2(C)C1. The van der Waals surface area contributed by atoms with Crippen molar-refractivity contribution in [1.29, 1.82) is 0 Å². The molecule has 0 aromatic heterocycles. The minimum atomic E-state index is -1.13. The molecule has 1 saturated heterocycles. The Bertz CT molecular complexity index is 2160. The van der Waals surface area contributed by atoms with Crippen molar-refractivity contribution in [2.24, 2.45) is 10.8 Å². The molecule has 3 aliphatic rings. The van der Waals surface area contributed by atoms with Crippen LogP contribution < -0.4 is 0 Å². The van der Waals surface area contributed by atoms with Crippen molar-refractivity contribution >= 4 is 17.7 Å². The quantitative estimate of drug-likeness (QED) is 0.0124. The number of esters is 2. The summed E-state index contributed by atoms with van der Waals surface area (Å²) in [5.74, 6) is -0.187. The molecule has 1 N–H and O–H groups in total. The molecule has 2 saturated carbocycles. The molecule has 0 unspecified atom stereocenters. The monoisotopic (exact) mass is 1090 g/mol. The van der Waals surface area contributed by atoms with Crippen LogP contribution in [-0.2, 0) is 28.6 Å². The molecule has 0 spiro atoms. The summed E-state index contributed by atoms with van der Waals surface area (Å²) in [6.07, 6.45) is 59.4. The van der Waals surface area contributed by atoms with E-state index in [1.54, 1.807) is 0 Å². The van der Waals surface area contributed by atoms with Gasteiger partial charge in [-0.1, -0.05) is 241 Å². The zero-order chi connectivity index (χ0) is 58.2. The van der Waals surface area contributed by atoms with Gasteiger partial charge in [-0.2, -0.15) is 0 Å². The number of ether oxygens (including phenoxy) is 3. The van der Waals surface area contributed by atoms with Crippen LogP contribution in [0.4, 0.5) is 0 Å². The third kappa shape index (κ3) is 26.2. The number of aliphatic hydroxyl groups is 1. The summed E-state index contributed by atoms with van der Waals surface area (Å²) in [5, 5.41) is 11.6. The molecule has 3 rings (SSSR count). The number of fused-ring (bicyclic) bond motifs is 1.